The van der Waals surface area contributed by atoms with E-state index in [-0.39, 0.29) is 0 Å². The Morgan fingerprint density at radius 2 is 2.62 bits per heavy atom. The first-order chi connectivity index (χ1) is 6.45. The summed E-state index contributed by atoms with van der Waals surface area (Å²) < 4.78 is 5.39. The van der Waals surface area contributed by atoms with Crippen LogP contribution in [0.3, 0.4) is 0 Å². The number of aryl methyl sites for hydroxylation is 1. The molecule has 0 bridgehead atoms. The number of nitrogens with one attached hydrogen (secondary N) is 1. The first-order valence-corrected chi connectivity index (χ1v) is 5.71. The van der Waals surface area contributed by atoms with Gasteiger partial charge in [-0.1, -0.05) is 0 Å². The Balaban J connectivity index is 1.72. The van der Waals surface area contributed by atoms with Crippen LogP contribution in [-0.4, -0.2) is 25.8 Å². The SMILES string of the molecule is c1cc(CCC2COCCN2)cs1. The number of ether oxygens (including phenoxy) is 1. The molecule has 3 heteroatoms. The van der Waals surface area contributed by atoms with Crippen molar-refractivity contribution < 1.29 is 4.74 Å². The van der Waals surface area contributed by atoms with Crippen molar-refractivity contribution in [1.82, 2.24) is 5.32 Å². The van der Waals surface area contributed by atoms with Crippen LogP contribution in [0.4, 0.5) is 0 Å². The predicted molar refractivity (Wildman–Crippen MR) is 55.2 cm³/mol. The number of hydrogen-bond acceptors (Lipinski definition) is 3. The highest BCUT2D eigenvalue weighted by molar-refractivity contribution is 7.07. The summed E-state index contributed by atoms with van der Waals surface area (Å²) in [5.41, 5.74) is 1.46. The van der Waals surface area contributed by atoms with E-state index in [2.05, 4.69) is 22.1 Å². The third-order valence-corrected chi connectivity index (χ3v) is 3.09. The van der Waals surface area contributed by atoms with Crippen LogP contribution in [0.25, 0.3) is 0 Å². The summed E-state index contributed by atoms with van der Waals surface area (Å²) >= 11 is 1.77. The van der Waals surface area contributed by atoms with E-state index in [9.17, 15) is 0 Å². The van der Waals surface area contributed by atoms with Crippen LogP contribution in [-0.2, 0) is 11.2 Å². The van der Waals surface area contributed by atoms with Gasteiger partial charge in [0.1, 0.15) is 0 Å². The largest absolute Gasteiger partial charge is 0.379 e. The first kappa shape index (κ1) is 9.19. The second-order valence-electron chi connectivity index (χ2n) is 3.40. The molecule has 1 atom stereocenters. The molecule has 2 nitrogen and oxygen atoms in total. The van der Waals surface area contributed by atoms with E-state index in [0.29, 0.717) is 6.04 Å². The molecule has 1 aliphatic rings. The molecular formula is C10H15NOS. The minimum atomic E-state index is 0.564. The van der Waals surface area contributed by atoms with Gasteiger partial charge in [-0.05, 0) is 35.2 Å². The summed E-state index contributed by atoms with van der Waals surface area (Å²) in [5.74, 6) is 0. The lowest BCUT2D eigenvalue weighted by Gasteiger charge is -2.23. The quantitative estimate of drug-likeness (QED) is 0.796. The van der Waals surface area contributed by atoms with Crippen molar-refractivity contribution in [3.8, 4) is 0 Å². The van der Waals surface area contributed by atoms with Crippen LogP contribution in [0.1, 0.15) is 12.0 Å². The van der Waals surface area contributed by atoms with Gasteiger partial charge in [0, 0.05) is 12.6 Å². The molecule has 1 aliphatic heterocycles. The molecule has 1 aromatic heterocycles. The highest BCUT2D eigenvalue weighted by atomic mass is 32.1. The fourth-order valence-corrected chi connectivity index (χ4v) is 2.28. The molecular weight excluding hydrogens is 182 g/mol. The summed E-state index contributed by atoms with van der Waals surface area (Å²) in [4.78, 5) is 0. The second kappa shape index (κ2) is 4.74. The smallest absolute Gasteiger partial charge is 0.0620 e. The molecule has 0 saturated carbocycles. The molecule has 0 radical (unpaired) electrons. The Morgan fingerprint density at radius 1 is 1.62 bits per heavy atom. The summed E-state index contributed by atoms with van der Waals surface area (Å²) in [6.07, 6.45) is 2.36. The van der Waals surface area contributed by atoms with Gasteiger partial charge < -0.3 is 10.1 Å². The van der Waals surface area contributed by atoms with Crippen LogP contribution < -0.4 is 5.32 Å². The zero-order chi connectivity index (χ0) is 8.93. The van der Waals surface area contributed by atoms with Crippen LogP contribution in [0, 0.1) is 0 Å². The van der Waals surface area contributed by atoms with E-state index < -0.39 is 0 Å². The maximum Gasteiger partial charge on any atom is 0.0620 e. The molecule has 0 aliphatic carbocycles. The third-order valence-electron chi connectivity index (χ3n) is 2.36. The monoisotopic (exact) mass is 197 g/mol. The Hall–Kier alpha value is -0.380. The van der Waals surface area contributed by atoms with E-state index in [1.807, 2.05) is 0 Å². The van der Waals surface area contributed by atoms with Crippen molar-refractivity contribution in [1.29, 1.82) is 0 Å². The summed E-state index contributed by atoms with van der Waals surface area (Å²) in [6.45, 7) is 2.76. The van der Waals surface area contributed by atoms with Gasteiger partial charge in [0.15, 0.2) is 0 Å². The average Bonchev–Trinajstić information content (AvgIpc) is 2.69. The maximum atomic E-state index is 5.39. The lowest BCUT2D eigenvalue weighted by molar-refractivity contribution is 0.0743. The normalized spacial score (nSPS) is 23.2. The fraction of sp³-hybridized carbons (Fsp3) is 0.600. The van der Waals surface area contributed by atoms with Crippen LogP contribution in [0.15, 0.2) is 16.8 Å². The first-order valence-electron chi connectivity index (χ1n) is 4.77. The van der Waals surface area contributed by atoms with Crippen molar-refractivity contribution in [2.75, 3.05) is 19.8 Å². The fourth-order valence-electron chi connectivity index (χ4n) is 1.58. The van der Waals surface area contributed by atoms with E-state index in [1.54, 1.807) is 11.3 Å². The molecule has 1 unspecified atom stereocenters. The molecule has 2 rings (SSSR count). The minimum absolute atomic E-state index is 0.564. The highest BCUT2D eigenvalue weighted by Gasteiger charge is 2.12. The highest BCUT2D eigenvalue weighted by Crippen LogP contribution is 2.10. The van der Waals surface area contributed by atoms with Crippen molar-refractivity contribution in [3.63, 3.8) is 0 Å². The molecule has 0 spiro atoms. The molecule has 0 aromatic carbocycles. The van der Waals surface area contributed by atoms with Gasteiger partial charge in [-0.15, -0.1) is 0 Å². The van der Waals surface area contributed by atoms with Crippen molar-refractivity contribution in [2.24, 2.45) is 0 Å². The van der Waals surface area contributed by atoms with Crippen LogP contribution in [0.5, 0.6) is 0 Å². The Kier molecular flexibility index (Phi) is 3.35. The molecule has 13 heavy (non-hydrogen) atoms. The Bertz CT molecular complexity index is 229. The van der Waals surface area contributed by atoms with Crippen LogP contribution >= 0.6 is 11.3 Å². The number of morpholine rings is 1. The van der Waals surface area contributed by atoms with Gasteiger partial charge in [0.05, 0.1) is 13.2 Å². The van der Waals surface area contributed by atoms with E-state index >= 15 is 0 Å². The number of rotatable bonds is 3. The lowest BCUT2D eigenvalue weighted by atomic mass is 10.1. The molecule has 1 N–H and O–H groups in total. The second-order valence-corrected chi connectivity index (χ2v) is 4.18. The minimum Gasteiger partial charge on any atom is -0.379 e. The molecule has 1 aromatic rings. The van der Waals surface area contributed by atoms with Crippen LogP contribution in [0.2, 0.25) is 0 Å². The third kappa shape index (κ3) is 2.79. The number of thiophene rings is 1. The topological polar surface area (TPSA) is 21.3 Å². The van der Waals surface area contributed by atoms with Gasteiger partial charge in [0.25, 0.3) is 0 Å². The molecule has 1 saturated heterocycles. The Labute approximate surface area is 82.9 Å². The van der Waals surface area contributed by atoms with Gasteiger partial charge in [-0.25, -0.2) is 0 Å². The summed E-state index contributed by atoms with van der Waals surface area (Å²) in [5, 5.41) is 7.82. The predicted octanol–water partition coefficient (Wildman–Crippen LogP) is 1.67. The molecule has 0 amide bonds. The van der Waals surface area contributed by atoms with E-state index in [0.717, 1.165) is 19.8 Å². The van der Waals surface area contributed by atoms with Crippen molar-refractivity contribution >= 4 is 11.3 Å². The number of hydrogen-bond donors (Lipinski definition) is 1. The van der Waals surface area contributed by atoms with Crippen molar-refractivity contribution in [2.45, 2.75) is 18.9 Å². The zero-order valence-corrected chi connectivity index (χ0v) is 8.48. The average molecular weight is 197 g/mol. The molecule has 72 valence electrons. The van der Waals surface area contributed by atoms with Gasteiger partial charge >= 0.3 is 0 Å². The summed E-state index contributed by atoms with van der Waals surface area (Å²) in [6, 6.07) is 2.77. The van der Waals surface area contributed by atoms with Gasteiger partial charge in [0.2, 0.25) is 0 Å². The summed E-state index contributed by atoms with van der Waals surface area (Å²) in [7, 11) is 0. The standard InChI is InChI=1S/C10H15NOS/c1(9-3-6-13-8-9)2-10-7-12-5-4-11-10/h3,6,8,10-11H,1-2,4-5,7H2. The Morgan fingerprint density at radius 3 is 3.31 bits per heavy atom. The van der Waals surface area contributed by atoms with Gasteiger partial charge in [-0.3, -0.25) is 0 Å². The van der Waals surface area contributed by atoms with E-state index in [4.69, 9.17) is 4.74 Å². The maximum absolute atomic E-state index is 5.39. The van der Waals surface area contributed by atoms with E-state index in [1.165, 1.54) is 18.4 Å². The lowest BCUT2D eigenvalue weighted by Crippen LogP contribution is -2.41. The molecule has 1 fully saturated rings. The zero-order valence-electron chi connectivity index (χ0n) is 7.66. The molecule has 2 heterocycles. The van der Waals surface area contributed by atoms with Gasteiger partial charge in [-0.2, -0.15) is 11.3 Å². The van der Waals surface area contributed by atoms with Crippen molar-refractivity contribution in [3.05, 3.63) is 22.4 Å².